The summed E-state index contributed by atoms with van der Waals surface area (Å²) in [6.45, 7) is 3.46. The third kappa shape index (κ3) is 29.6. The minimum atomic E-state index is -0.0217. The molecule has 2 fully saturated rings. The van der Waals surface area contributed by atoms with Gasteiger partial charge in [-0.1, -0.05) is 223 Å². The summed E-state index contributed by atoms with van der Waals surface area (Å²) in [5, 5.41) is 28.4. The molecule has 756 valence electrons. The number of para-hydroxylation sites is 1. The van der Waals surface area contributed by atoms with E-state index in [2.05, 4.69) is 88.6 Å². The average molecular weight is 2090 g/mol. The lowest BCUT2D eigenvalue weighted by Gasteiger charge is -2.23. The van der Waals surface area contributed by atoms with Gasteiger partial charge >= 0.3 is 0 Å². The minimum Gasteiger partial charge on any atom is -0.497 e. The first kappa shape index (κ1) is 106. The Morgan fingerprint density at radius 3 is 0.946 bits per heavy atom. The molecule has 1 aliphatic heterocycles. The maximum Gasteiger partial charge on any atom is 0.166 e. The number of benzene rings is 8. The molecule has 0 spiro atoms. The van der Waals surface area contributed by atoms with Crippen molar-refractivity contribution >= 4 is 205 Å². The number of hydrogen-bond donors (Lipinski definition) is 10. The number of methoxy groups -OCH3 is 1. The Morgan fingerprint density at radius 1 is 0.322 bits per heavy atom. The first-order chi connectivity index (χ1) is 72.4. The Morgan fingerprint density at radius 2 is 0.611 bits per heavy atom. The van der Waals surface area contributed by atoms with Gasteiger partial charge in [0.2, 0.25) is 0 Å². The highest BCUT2D eigenvalue weighted by Gasteiger charge is 2.25. The Labute approximate surface area is 887 Å². The van der Waals surface area contributed by atoms with Crippen LogP contribution >= 0.6 is 58.0 Å². The number of hydrogen-bond acceptors (Lipinski definition) is 27. The number of Topliss-reactive ketones (excluding diaryl/α,β-unsaturated/α-hetero) is 5. The van der Waals surface area contributed by atoms with Gasteiger partial charge in [0.25, 0.3) is 0 Å². The lowest BCUT2D eigenvalue weighted by molar-refractivity contribution is 0.0699. The molecule has 1 saturated carbocycles. The van der Waals surface area contributed by atoms with E-state index >= 15 is 0 Å². The average Bonchev–Trinajstić information content (AvgIpc) is 0.926. The summed E-state index contributed by atoms with van der Waals surface area (Å²) in [6.07, 6.45) is 27.9. The summed E-state index contributed by atoms with van der Waals surface area (Å²) in [5.74, 6) is 6.72. The van der Waals surface area contributed by atoms with Gasteiger partial charge in [0.15, 0.2) is 28.9 Å². The summed E-state index contributed by atoms with van der Waals surface area (Å²) in [4.78, 5) is 107. The molecule has 149 heavy (non-hydrogen) atoms. The van der Waals surface area contributed by atoms with Gasteiger partial charge in [-0.05, 0) is 215 Å². The fourth-order valence-electron chi connectivity index (χ4n) is 17.7. The Kier molecular flexibility index (Phi) is 36.9. The van der Waals surface area contributed by atoms with Gasteiger partial charge in [0, 0.05) is 166 Å². The van der Waals surface area contributed by atoms with Crippen LogP contribution in [0.5, 0.6) is 5.75 Å². The number of anilines is 11. The number of rotatable bonds is 34. The molecule has 1 aliphatic carbocycles. The number of aryl methyl sites for hydroxylation is 5. The van der Waals surface area contributed by atoms with Gasteiger partial charge < -0.3 is 64.7 Å². The zero-order valence-corrected chi connectivity index (χ0v) is 85.7. The smallest absolute Gasteiger partial charge is 0.166 e. The van der Waals surface area contributed by atoms with E-state index < -0.39 is 0 Å². The molecule has 0 bridgehead atoms. The number of carbonyl (C=O) groups excluding carboxylic acids is 5. The third-order valence-electron chi connectivity index (χ3n) is 25.8. The predicted molar refractivity (Wildman–Crippen MR) is 602 cm³/mol. The molecule has 11 heterocycles. The van der Waals surface area contributed by atoms with Crippen molar-refractivity contribution in [1.82, 2.24) is 49.8 Å². The topological polar surface area (TPSA) is 423 Å². The molecule has 0 amide bonds. The van der Waals surface area contributed by atoms with Crippen molar-refractivity contribution in [3.8, 4) is 5.75 Å². The number of ketones is 5. The quantitative estimate of drug-likeness (QED) is 0.0167. The van der Waals surface area contributed by atoms with Gasteiger partial charge in [0.05, 0.1) is 60.0 Å². The van der Waals surface area contributed by atoms with Gasteiger partial charge in [-0.15, -0.1) is 0 Å². The number of ether oxygens (including phenoxy) is 2. The standard InChI is InChI=1S/C25H23ClN4O2.C24H21ClN4O.C23H25ClN4O2.C23H19ClN4O.C22H23ClN4O/c1-32-20-6-2-17(3-7-20)14-29-25-22(13-19(26)15-30-25)23(31)9-5-16-4-8-21-18(12-16)10-11-28-24(21)27;25-19-13-21(24(29-15-19)28-14-17-4-2-1-3-5-17)22(30)9-7-16-6-8-20-18(12-16)10-11-27-23(20)26;24-18-12-20(23(28-14-18)27-13-16-6-9-30-10-7-16)21(29)4-2-15-1-3-19-17(11-15)5-8-26-22(19)25;24-17-13-20(23(27-14-17)28-18-4-2-1-3-5-18)21(29)9-7-15-6-8-19-16(12-15)10-11-26-22(19)25;23-16-12-19(22(26-13-16)27-17-3-1-2-4-17)20(28)8-6-14-5-7-18-15(11-14)9-10-25-21(18)24/h2-4,6-8,10-13,15H,5,9,14H2,1H3,(H2,27,28)(H,29,30);1-6,8,10-13,15H,7,9,14H2,(H2,26,27)(H,28,29);1,3,5,8,11-12,14,16H,2,4,6-7,9-10,13H2,(H2,25,26)(H,27,28);1-6,8,10-14H,7,9H2,(H2,25,26)(H,27,28);5,7,9-13,17H,1-4,6,8H2,(H2,24,25)(H,26,27). The van der Waals surface area contributed by atoms with E-state index in [1.54, 1.807) is 87.0 Å². The zero-order valence-electron chi connectivity index (χ0n) is 81.9. The van der Waals surface area contributed by atoms with E-state index in [-0.39, 0.29) is 28.9 Å². The van der Waals surface area contributed by atoms with Crippen molar-refractivity contribution in [2.24, 2.45) is 5.92 Å². The number of halogens is 5. The van der Waals surface area contributed by atoms with Crippen molar-refractivity contribution in [2.45, 2.75) is 122 Å². The van der Waals surface area contributed by atoms with Crippen molar-refractivity contribution in [3.05, 3.63) is 390 Å². The van der Waals surface area contributed by atoms with Gasteiger partial charge in [-0.2, -0.15) is 0 Å². The van der Waals surface area contributed by atoms with Crippen LogP contribution in [0.4, 0.5) is 63.9 Å². The normalized spacial score (nSPS) is 12.3. The van der Waals surface area contributed by atoms with Crippen molar-refractivity contribution in [2.75, 3.05) is 82.1 Å². The monoisotopic (exact) mass is 2080 g/mol. The molecule has 18 aromatic rings. The van der Waals surface area contributed by atoms with Crippen molar-refractivity contribution in [1.29, 1.82) is 0 Å². The second-order valence-electron chi connectivity index (χ2n) is 36.2. The van der Waals surface area contributed by atoms with Crippen LogP contribution < -0.4 is 60.0 Å². The lowest BCUT2D eigenvalue weighted by atomic mass is 9.99. The summed E-state index contributed by atoms with van der Waals surface area (Å²) >= 11 is 30.6. The number of nitrogens with one attached hydrogen (secondary N) is 5. The first-order valence-corrected chi connectivity index (χ1v) is 51.0. The molecule has 32 heteroatoms. The summed E-state index contributed by atoms with van der Waals surface area (Å²) in [6, 6.07) is 75.7. The molecule has 10 aromatic heterocycles. The molecular weight excluding hydrogens is 1970 g/mol. The maximum atomic E-state index is 13.0. The first-order valence-electron chi connectivity index (χ1n) is 49.1. The van der Waals surface area contributed by atoms with Crippen molar-refractivity contribution in [3.63, 3.8) is 0 Å². The Bertz CT molecular complexity index is 7810. The van der Waals surface area contributed by atoms with Crippen molar-refractivity contribution < 1.29 is 33.4 Å². The molecular formula is C117H111Cl5N20O7. The highest BCUT2D eigenvalue weighted by atomic mass is 35.5. The number of nitrogen functional groups attached to an aromatic ring is 5. The van der Waals surface area contributed by atoms with Crippen LogP contribution in [0.1, 0.15) is 161 Å². The number of aromatic nitrogens is 10. The van der Waals surface area contributed by atoms with E-state index in [0.717, 1.165) is 150 Å². The number of carbonyl (C=O) groups is 5. The van der Waals surface area contributed by atoms with Crippen LogP contribution in [-0.4, -0.2) is 112 Å². The van der Waals surface area contributed by atoms with E-state index in [9.17, 15) is 24.0 Å². The highest BCUT2D eigenvalue weighted by molar-refractivity contribution is 6.32. The molecule has 20 rings (SSSR count). The lowest BCUT2D eigenvalue weighted by Crippen LogP contribution is -2.23. The molecule has 0 unspecified atom stereocenters. The Hall–Kier alpha value is -15.9. The second kappa shape index (κ2) is 51.9. The highest BCUT2D eigenvalue weighted by Crippen LogP contribution is 2.35. The van der Waals surface area contributed by atoms with Gasteiger partial charge in [-0.3, -0.25) is 24.0 Å². The van der Waals surface area contributed by atoms with Gasteiger partial charge in [0.1, 0.15) is 63.9 Å². The van der Waals surface area contributed by atoms with Crippen LogP contribution in [-0.2, 0) is 49.9 Å². The second-order valence-corrected chi connectivity index (χ2v) is 38.4. The van der Waals surface area contributed by atoms with Crippen LogP contribution in [0, 0.1) is 5.92 Å². The largest absolute Gasteiger partial charge is 0.497 e. The fourth-order valence-corrected chi connectivity index (χ4v) is 18.5. The van der Waals surface area contributed by atoms with E-state index in [1.165, 1.54) is 25.2 Å². The number of pyridine rings is 10. The summed E-state index contributed by atoms with van der Waals surface area (Å²) in [5.41, 5.74) is 40.5. The van der Waals surface area contributed by atoms with E-state index in [0.29, 0.717) is 200 Å². The fraction of sp³-hybridized carbons (Fsp3) is 0.205. The number of fused-ring (bicyclic) bond motifs is 5. The molecule has 15 N–H and O–H groups in total. The zero-order chi connectivity index (χ0) is 104. The third-order valence-corrected chi connectivity index (χ3v) is 26.9. The number of nitrogens with zero attached hydrogens (tertiary/aromatic N) is 10. The molecule has 0 radical (unpaired) electrons. The maximum absolute atomic E-state index is 13.0. The van der Waals surface area contributed by atoms with Crippen LogP contribution in [0.2, 0.25) is 25.1 Å². The molecule has 27 nitrogen and oxygen atoms in total. The molecule has 0 atom stereocenters. The van der Waals surface area contributed by atoms with Crippen LogP contribution in [0.15, 0.2) is 299 Å². The minimum absolute atomic E-state index is 0.00472. The number of nitrogens with two attached hydrogens (primary N) is 5. The van der Waals surface area contributed by atoms with E-state index in [4.69, 9.17) is 96.1 Å². The summed E-state index contributed by atoms with van der Waals surface area (Å²) in [7, 11) is 1.63. The van der Waals surface area contributed by atoms with Gasteiger partial charge in [-0.25, -0.2) is 49.8 Å². The molecule has 1 saturated heterocycles. The molecule has 2 aliphatic rings. The van der Waals surface area contributed by atoms with Crippen LogP contribution in [0.3, 0.4) is 0 Å². The predicted octanol–water partition coefficient (Wildman–Crippen LogP) is 25.6. The summed E-state index contributed by atoms with van der Waals surface area (Å²) < 4.78 is 10.6. The van der Waals surface area contributed by atoms with Crippen LogP contribution in [0.25, 0.3) is 53.9 Å². The Balaban J connectivity index is 0.000000133. The molecule has 8 aromatic carbocycles. The van der Waals surface area contributed by atoms with E-state index in [1.807, 2.05) is 194 Å². The SMILES string of the molecule is COc1ccc(CNc2ncc(Cl)cc2C(=O)CCc2ccc3c(N)nccc3c2)cc1.Nc1nccc2cc(CCC(=O)c3cc(Cl)cnc3NC3CCCC3)ccc12.Nc1nccc2cc(CCC(=O)c3cc(Cl)cnc3NCC3CCOCC3)ccc12.Nc1nccc2cc(CCC(=O)c3cc(Cl)cnc3NCc3ccccc3)ccc12.Nc1nccc2cc(CCC(=O)c3cc(Cl)cnc3Nc3ccccc3)ccc12.